The lowest BCUT2D eigenvalue weighted by atomic mass is 10.1. The minimum atomic E-state index is -3.66. The normalized spacial score (nSPS) is 16.7. The van der Waals surface area contributed by atoms with Crippen molar-refractivity contribution in [3.05, 3.63) is 59.2 Å². The third-order valence-electron chi connectivity index (χ3n) is 5.18. The number of hydrogen-bond acceptors (Lipinski definition) is 4. The maximum Gasteiger partial charge on any atom is 0.240 e. The van der Waals surface area contributed by atoms with Crippen molar-refractivity contribution in [1.29, 1.82) is 0 Å². The number of anilines is 1. The lowest BCUT2D eigenvalue weighted by Crippen LogP contribution is -2.38. The van der Waals surface area contributed by atoms with Gasteiger partial charge in [0.25, 0.3) is 0 Å². The van der Waals surface area contributed by atoms with Gasteiger partial charge < -0.3 is 0 Å². The summed E-state index contributed by atoms with van der Waals surface area (Å²) in [5.74, 6) is 0.133. The second-order valence-electron chi connectivity index (χ2n) is 7.49. The van der Waals surface area contributed by atoms with E-state index in [0.717, 1.165) is 12.8 Å². The van der Waals surface area contributed by atoms with E-state index in [9.17, 15) is 16.8 Å². The van der Waals surface area contributed by atoms with E-state index in [2.05, 4.69) is 4.72 Å². The Morgan fingerprint density at radius 2 is 1.76 bits per heavy atom. The fraction of sp³-hybridized carbons (Fsp3) is 0.429. The lowest BCUT2D eigenvalue weighted by molar-refractivity contribution is 0.574. The molecule has 1 aliphatic heterocycles. The quantitative estimate of drug-likeness (QED) is 0.676. The van der Waals surface area contributed by atoms with Crippen LogP contribution in [0.15, 0.2) is 47.4 Å². The zero-order chi connectivity index (χ0) is 21.1. The van der Waals surface area contributed by atoms with Gasteiger partial charge in [0.15, 0.2) is 0 Å². The van der Waals surface area contributed by atoms with E-state index >= 15 is 0 Å². The van der Waals surface area contributed by atoms with E-state index < -0.39 is 20.0 Å². The maximum absolute atomic E-state index is 12.8. The Kier molecular flexibility index (Phi) is 6.65. The van der Waals surface area contributed by atoms with Crippen LogP contribution in [0.25, 0.3) is 0 Å². The third-order valence-corrected chi connectivity index (χ3v) is 8.64. The van der Waals surface area contributed by atoms with Crippen LogP contribution in [0.1, 0.15) is 36.0 Å². The molecule has 0 atom stereocenters. The van der Waals surface area contributed by atoms with Crippen LogP contribution < -0.4 is 9.03 Å². The average Bonchev–Trinajstić information content (AvgIpc) is 2.67. The van der Waals surface area contributed by atoms with E-state index in [1.165, 1.54) is 9.87 Å². The van der Waals surface area contributed by atoms with Gasteiger partial charge in [0.2, 0.25) is 20.0 Å². The standard InChI is InChI=1S/C21H28N2O4S2/c1-17-16-21(18(2)15-20(17)23-13-6-7-14-28(23,24)25)29(26,27)22-12-8-11-19-9-4-3-5-10-19/h3-5,9-10,15-16,22H,6-8,11-14H2,1-2H3. The summed E-state index contributed by atoms with van der Waals surface area (Å²) in [5.41, 5.74) is 2.93. The van der Waals surface area contributed by atoms with Gasteiger partial charge in [-0.3, -0.25) is 4.31 Å². The lowest BCUT2D eigenvalue weighted by Gasteiger charge is -2.30. The molecule has 1 N–H and O–H groups in total. The summed E-state index contributed by atoms with van der Waals surface area (Å²) < 4.78 is 54.5. The van der Waals surface area contributed by atoms with Crippen molar-refractivity contribution < 1.29 is 16.8 Å². The second-order valence-corrected chi connectivity index (χ2v) is 11.2. The summed E-state index contributed by atoms with van der Waals surface area (Å²) >= 11 is 0. The second kappa shape index (κ2) is 8.85. The first kappa shape index (κ1) is 21.8. The van der Waals surface area contributed by atoms with Crippen molar-refractivity contribution in [1.82, 2.24) is 4.72 Å². The van der Waals surface area contributed by atoms with E-state index in [1.807, 2.05) is 30.3 Å². The molecule has 0 radical (unpaired) electrons. The molecule has 1 fully saturated rings. The van der Waals surface area contributed by atoms with Crippen LogP contribution in [-0.4, -0.2) is 35.7 Å². The van der Waals surface area contributed by atoms with Gasteiger partial charge in [-0.1, -0.05) is 30.3 Å². The van der Waals surface area contributed by atoms with Crippen molar-refractivity contribution in [2.45, 2.75) is 44.4 Å². The summed E-state index contributed by atoms with van der Waals surface area (Å²) in [6.45, 7) is 4.25. The highest BCUT2D eigenvalue weighted by atomic mass is 32.2. The summed E-state index contributed by atoms with van der Waals surface area (Å²) in [5, 5.41) is 0. The highest BCUT2D eigenvalue weighted by Crippen LogP contribution is 2.31. The first-order valence-corrected chi connectivity index (χ1v) is 13.0. The highest BCUT2D eigenvalue weighted by Gasteiger charge is 2.28. The van der Waals surface area contributed by atoms with E-state index in [0.29, 0.717) is 42.7 Å². The van der Waals surface area contributed by atoms with E-state index in [-0.39, 0.29) is 10.6 Å². The van der Waals surface area contributed by atoms with Crippen molar-refractivity contribution in [2.75, 3.05) is 23.1 Å². The Morgan fingerprint density at radius 1 is 1.03 bits per heavy atom. The number of nitrogens with zero attached hydrogens (tertiary/aromatic N) is 1. The Labute approximate surface area is 174 Å². The summed E-state index contributed by atoms with van der Waals surface area (Å²) in [6.07, 6.45) is 2.97. The van der Waals surface area contributed by atoms with Gasteiger partial charge in [-0.05, 0) is 68.4 Å². The van der Waals surface area contributed by atoms with Crippen molar-refractivity contribution in [3.63, 3.8) is 0 Å². The number of hydrogen-bond donors (Lipinski definition) is 1. The number of rotatable bonds is 7. The van der Waals surface area contributed by atoms with Crippen LogP contribution in [0.3, 0.4) is 0 Å². The van der Waals surface area contributed by atoms with Crippen molar-refractivity contribution >= 4 is 25.7 Å². The molecular weight excluding hydrogens is 408 g/mol. The highest BCUT2D eigenvalue weighted by molar-refractivity contribution is 7.92. The number of aryl methyl sites for hydroxylation is 3. The minimum absolute atomic E-state index is 0.133. The van der Waals surface area contributed by atoms with Gasteiger partial charge in [-0.25, -0.2) is 21.6 Å². The molecule has 2 aromatic carbocycles. The van der Waals surface area contributed by atoms with Crippen molar-refractivity contribution in [2.24, 2.45) is 0 Å². The predicted octanol–water partition coefficient (Wildman–Crippen LogP) is 3.14. The number of benzene rings is 2. The van der Waals surface area contributed by atoms with Crippen LogP contribution in [0.5, 0.6) is 0 Å². The molecule has 8 heteroatoms. The van der Waals surface area contributed by atoms with E-state index in [1.54, 1.807) is 26.0 Å². The molecule has 0 spiro atoms. The molecule has 0 bridgehead atoms. The first-order valence-electron chi connectivity index (χ1n) is 9.86. The summed E-state index contributed by atoms with van der Waals surface area (Å²) in [4.78, 5) is 0.202. The zero-order valence-corrected chi connectivity index (χ0v) is 18.5. The molecule has 3 rings (SSSR count). The van der Waals surface area contributed by atoms with Gasteiger partial charge in [0.05, 0.1) is 16.3 Å². The minimum Gasteiger partial charge on any atom is -0.270 e. The van der Waals surface area contributed by atoms with Crippen LogP contribution >= 0.6 is 0 Å². The number of nitrogens with one attached hydrogen (secondary N) is 1. The zero-order valence-electron chi connectivity index (χ0n) is 16.9. The molecule has 0 amide bonds. The van der Waals surface area contributed by atoms with Crippen molar-refractivity contribution in [3.8, 4) is 0 Å². The Bertz CT molecular complexity index is 1070. The maximum atomic E-state index is 12.8. The van der Waals surface area contributed by atoms with Gasteiger partial charge >= 0.3 is 0 Å². The largest absolute Gasteiger partial charge is 0.270 e. The molecule has 158 valence electrons. The SMILES string of the molecule is Cc1cc(S(=O)(=O)NCCCc2ccccc2)c(C)cc1N1CCCCS1(=O)=O. The van der Waals surface area contributed by atoms with Gasteiger partial charge in [0.1, 0.15) is 0 Å². The smallest absolute Gasteiger partial charge is 0.240 e. The topological polar surface area (TPSA) is 83.6 Å². The molecule has 1 heterocycles. The Balaban J connectivity index is 1.73. The van der Waals surface area contributed by atoms with Gasteiger partial charge in [0, 0.05) is 13.1 Å². The predicted molar refractivity (Wildman–Crippen MR) is 116 cm³/mol. The molecular formula is C21H28N2O4S2. The summed E-state index contributed by atoms with van der Waals surface area (Å²) in [6, 6.07) is 13.2. The Hall–Kier alpha value is -1.90. The molecule has 1 saturated heterocycles. The molecule has 1 aliphatic rings. The fourth-order valence-corrected chi connectivity index (χ4v) is 6.69. The first-order chi connectivity index (χ1) is 13.7. The molecule has 0 saturated carbocycles. The van der Waals surface area contributed by atoms with Crippen LogP contribution in [0.2, 0.25) is 0 Å². The molecule has 0 unspecified atom stereocenters. The molecule has 0 aliphatic carbocycles. The average molecular weight is 437 g/mol. The van der Waals surface area contributed by atoms with Crippen LogP contribution in [0.4, 0.5) is 5.69 Å². The molecule has 2 aromatic rings. The molecule has 6 nitrogen and oxygen atoms in total. The monoisotopic (exact) mass is 436 g/mol. The molecule has 0 aromatic heterocycles. The van der Waals surface area contributed by atoms with Crippen LogP contribution in [-0.2, 0) is 26.5 Å². The Morgan fingerprint density at radius 3 is 2.45 bits per heavy atom. The number of sulfonamides is 2. The van der Waals surface area contributed by atoms with Crippen LogP contribution in [0, 0.1) is 13.8 Å². The fourth-order valence-electron chi connectivity index (χ4n) is 3.61. The third kappa shape index (κ3) is 5.18. The van der Waals surface area contributed by atoms with E-state index in [4.69, 9.17) is 0 Å². The molecule has 29 heavy (non-hydrogen) atoms. The van der Waals surface area contributed by atoms with Gasteiger partial charge in [-0.2, -0.15) is 0 Å². The van der Waals surface area contributed by atoms with Gasteiger partial charge in [-0.15, -0.1) is 0 Å². The summed E-state index contributed by atoms with van der Waals surface area (Å²) in [7, 11) is -7.00.